The fourth-order valence-corrected chi connectivity index (χ4v) is 3.00. The van der Waals surface area contributed by atoms with E-state index in [1.807, 2.05) is 32.0 Å². The van der Waals surface area contributed by atoms with Crippen LogP contribution in [0.3, 0.4) is 0 Å². The van der Waals surface area contributed by atoms with Crippen LogP contribution in [0.25, 0.3) is 5.65 Å². The van der Waals surface area contributed by atoms with E-state index in [0.717, 1.165) is 36.2 Å². The molecule has 2 heterocycles. The maximum absolute atomic E-state index is 12.4. The Hall–Kier alpha value is -2.69. The van der Waals surface area contributed by atoms with Crippen molar-refractivity contribution in [2.24, 2.45) is 0 Å². The van der Waals surface area contributed by atoms with E-state index in [0.29, 0.717) is 17.8 Å². The summed E-state index contributed by atoms with van der Waals surface area (Å²) >= 11 is 0. The van der Waals surface area contributed by atoms with Crippen molar-refractivity contribution >= 4 is 11.6 Å². The number of nitrogens with one attached hydrogen (secondary N) is 1. The number of benzene rings is 1. The van der Waals surface area contributed by atoms with Crippen molar-refractivity contribution in [3.63, 3.8) is 0 Å². The van der Waals surface area contributed by atoms with Gasteiger partial charge in [-0.1, -0.05) is 43.7 Å². The van der Waals surface area contributed by atoms with Crippen LogP contribution in [0.1, 0.15) is 52.6 Å². The second-order valence-electron chi connectivity index (χ2n) is 6.33. The van der Waals surface area contributed by atoms with Crippen LogP contribution in [0.5, 0.6) is 0 Å². The van der Waals surface area contributed by atoms with Gasteiger partial charge in [0.05, 0.1) is 6.20 Å². The Labute approximate surface area is 148 Å². The van der Waals surface area contributed by atoms with Crippen molar-refractivity contribution < 1.29 is 4.79 Å². The first-order valence-corrected chi connectivity index (χ1v) is 8.77. The van der Waals surface area contributed by atoms with E-state index in [4.69, 9.17) is 0 Å². The van der Waals surface area contributed by atoms with Gasteiger partial charge < -0.3 is 5.32 Å². The lowest BCUT2D eigenvalue weighted by atomic mass is 10.0. The molecule has 0 atom stereocenters. The monoisotopic (exact) mass is 336 g/mol. The van der Waals surface area contributed by atoms with E-state index in [2.05, 4.69) is 34.5 Å². The average molecular weight is 336 g/mol. The third kappa shape index (κ3) is 3.55. The topological polar surface area (TPSA) is 59.3 Å². The molecule has 130 valence electrons. The predicted octanol–water partition coefficient (Wildman–Crippen LogP) is 3.47. The van der Waals surface area contributed by atoms with Crippen LogP contribution in [-0.2, 0) is 6.42 Å². The summed E-state index contributed by atoms with van der Waals surface area (Å²) in [6.45, 7) is 6.81. The van der Waals surface area contributed by atoms with Crippen molar-refractivity contribution in [2.75, 3.05) is 6.54 Å². The molecule has 25 heavy (non-hydrogen) atoms. The highest BCUT2D eigenvalue weighted by atomic mass is 16.1. The summed E-state index contributed by atoms with van der Waals surface area (Å²) in [7, 11) is 0. The van der Waals surface area contributed by atoms with Gasteiger partial charge in [-0.15, -0.1) is 0 Å². The lowest BCUT2D eigenvalue weighted by Crippen LogP contribution is -2.24. The Morgan fingerprint density at radius 3 is 2.68 bits per heavy atom. The van der Waals surface area contributed by atoms with Gasteiger partial charge in [0.1, 0.15) is 5.56 Å². The van der Waals surface area contributed by atoms with E-state index in [-0.39, 0.29) is 5.91 Å². The standard InChI is InChI=1S/C20H24N4O/c1-4-5-11-21-20(25)18-13-22-24-15(3)17(14(2)23-19(18)24)12-16-9-7-6-8-10-16/h6-10,13H,4-5,11-12H2,1-3H3,(H,21,25). The molecular weight excluding hydrogens is 312 g/mol. The molecule has 0 saturated carbocycles. The molecule has 0 aliphatic rings. The Balaban J connectivity index is 1.94. The average Bonchev–Trinajstić information content (AvgIpc) is 3.03. The summed E-state index contributed by atoms with van der Waals surface area (Å²) in [5.41, 5.74) is 5.52. The van der Waals surface area contributed by atoms with Crippen molar-refractivity contribution in [1.29, 1.82) is 0 Å². The number of carbonyl (C=O) groups is 1. The van der Waals surface area contributed by atoms with Crippen LogP contribution in [-0.4, -0.2) is 27.0 Å². The molecule has 5 heteroatoms. The molecule has 5 nitrogen and oxygen atoms in total. The third-order valence-corrected chi connectivity index (χ3v) is 4.49. The van der Waals surface area contributed by atoms with Gasteiger partial charge in [-0.05, 0) is 31.4 Å². The lowest BCUT2D eigenvalue weighted by molar-refractivity contribution is 0.0954. The molecular formula is C20H24N4O. The van der Waals surface area contributed by atoms with Crippen LogP contribution >= 0.6 is 0 Å². The number of rotatable bonds is 6. The van der Waals surface area contributed by atoms with Gasteiger partial charge in [0.25, 0.3) is 5.91 Å². The molecule has 1 amide bonds. The number of hydrogen-bond acceptors (Lipinski definition) is 3. The minimum Gasteiger partial charge on any atom is -0.352 e. The highest BCUT2D eigenvalue weighted by molar-refractivity contribution is 5.99. The summed E-state index contributed by atoms with van der Waals surface area (Å²) in [4.78, 5) is 17.1. The highest BCUT2D eigenvalue weighted by Crippen LogP contribution is 2.20. The Bertz CT molecular complexity index is 884. The minimum absolute atomic E-state index is 0.106. The molecule has 0 spiro atoms. The Morgan fingerprint density at radius 2 is 1.96 bits per heavy atom. The number of carbonyl (C=O) groups excluding carboxylic acids is 1. The molecule has 1 N–H and O–H groups in total. The first-order valence-electron chi connectivity index (χ1n) is 8.77. The molecule has 0 saturated heterocycles. The van der Waals surface area contributed by atoms with E-state index in [1.54, 1.807) is 10.7 Å². The van der Waals surface area contributed by atoms with E-state index in [9.17, 15) is 4.79 Å². The van der Waals surface area contributed by atoms with Gasteiger partial charge in [0.2, 0.25) is 0 Å². The molecule has 3 rings (SSSR count). The van der Waals surface area contributed by atoms with Crippen molar-refractivity contribution in [3.8, 4) is 0 Å². The molecule has 1 aromatic carbocycles. The van der Waals surface area contributed by atoms with Crippen molar-refractivity contribution in [3.05, 3.63) is 64.6 Å². The number of hydrogen-bond donors (Lipinski definition) is 1. The van der Waals surface area contributed by atoms with Gasteiger partial charge in [-0.3, -0.25) is 4.79 Å². The van der Waals surface area contributed by atoms with Gasteiger partial charge in [-0.25, -0.2) is 9.50 Å². The van der Waals surface area contributed by atoms with Gasteiger partial charge in [-0.2, -0.15) is 5.10 Å². The molecule has 0 aliphatic carbocycles. The van der Waals surface area contributed by atoms with Crippen LogP contribution < -0.4 is 5.32 Å². The van der Waals surface area contributed by atoms with Crippen LogP contribution in [0.4, 0.5) is 0 Å². The van der Waals surface area contributed by atoms with Crippen LogP contribution in [0, 0.1) is 13.8 Å². The van der Waals surface area contributed by atoms with Crippen molar-refractivity contribution in [2.45, 2.75) is 40.0 Å². The van der Waals surface area contributed by atoms with Crippen molar-refractivity contribution in [1.82, 2.24) is 19.9 Å². The number of aromatic nitrogens is 3. The Morgan fingerprint density at radius 1 is 1.20 bits per heavy atom. The largest absolute Gasteiger partial charge is 0.352 e. The number of unbranched alkanes of at least 4 members (excludes halogenated alkanes) is 1. The van der Waals surface area contributed by atoms with E-state index in [1.165, 1.54) is 5.56 Å². The summed E-state index contributed by atoms with van der Waals surface area (Å²) < 4.78 is 1.78. The second-order valence-corrected chi connectivity index (χ2v) is 6.33. The fourth-order valence-electron chi connectivity index (χ4n) is 3.00. The molecule has 0 aliphatic heterocycles. The molecule has 0 fully saturated rings. The normalized spacial score (nSPS) is 11.0. The van der Waals surface area contributed by atoms with Gasteiger partial charge in [0.15, 0.2) is 5.65 Å². The number of aryl methyl sites for hydroxylation is 2. The highest BCUT2D eigenvalue weighted by Gasteiger charge is 2.18. The second kappa shape index (κ2) is 7.47. The fraction of sp³-hybridized carbons (Fsp3) is 0.350. The summed E-state index contributed by atoms with van der Waals surface area (Å²) in [6.07, 6.45) is 4.44. The molecule has 0 bridgehead atoms. The van der Waals surface area contributed by atoms with Crippen LogP contribution in [0.2, 0.25) is 0 Å². The van der Waals surface area contributed by atoms with E-state index < -0.39 is 0 Å². The number of fused-ring (bicyclic) bond motifs is 1. The first-order chi connectivity index (χ1) is 12.1. The maximum atomic E-state index is 12.4. The third-order valence-electron chi connectivity index (χ3n) is 4.49. The minimum atomic E-state index is -0.106. The van der Waals surface area contributed by atoms with Crippen LogP contribution in [0.15, 0.2) is 36.5 Å². The SMILES string of the molecule is CCCCNC(=O)c1cnn2c(C)c(Cc3ccccc3)c(C)nc12. The first kappa shape index (κ1) is 17.1. The van der Waals surface area contributed by atoms with E-state index >= 15 is 0 Å². The summed E-state index contributed by atoms with van der Waals surface area (Å²) in [6, 6.07) is 10.3. The predicted molar refractivity (Wildman–Crippen MR) is 99.0 cm³/mol. The molecule has 3 aromatic rings. The maximum Gasteiger partial charge on any atom is 0.256 e. The van der Waals surface area contributed by atoms with Gasteiger partial charge >= 0.3 is 0 Å². The molecule has 0 unspecified atom stereocenters. The smallest absolute Gasteiger partial charge is 0.256 e. The lowest BCUT2D eigenvalue weighted by Gasteiger charge is -2.12. The zero-order chi connectivity index (χ0) is 17.8. The zero-order valence-corrected chi connectivity index (χ0v) is 15.0. The van der Waals surface area contributed by atoms with Gasteiger partial charge in [0, 0.05) is 24.4 Å². The Kier molecular flexibility index (Phi) is 5.12. The number of amides is 1. The summed E-state index contributed by atoms with van der Waals surface area (Å²) in [5.74, 6) is -0.106. The molecule has 2 aromatic heterocycles. The molecule has 0 radical (unpaired) electrons. The number of nitrogens with zero attached hydrogens (tertiary/aromatic N) is 3. The quantitative estimate of drug-likeness (QED) is 0.701. The zero-order valence-electron chi connectivity index (χ0n) is 15.0. The summed E-state index contributed by atoms with van der Waals surface area (Å²) in [5, 5.41) is 7.34.